The molecule has 1 aliphatic rings. The van der Waals surface area contributed by atoms with Crippen LogP contribution in [0.15, 0.2) is 24.3 Å². The molecule has 2 unspecified atom stereocenters. The van der Waals surface area contributed by atoms with Crippen molar-refractivity contribution in [1.82, 2.24) is 4.90 Å². The maximum absolute atomic E-state index is 10.0. The molecule has 1 saturated carbocycles. The van der Waals surface area contributed by atoms with E-state index < -0.39 is 0 Å². The summed E-state index contributed by atoms with van der Waals surface area (Å²) >= 11 is 5.97. The Morgan fingerprint density at radius 3 is 2.82 bits per heavy atom. The second kappa shape index (κ2) is 5.85. The third-order valence-corrected chi connectivity index (χ3v) is 3.82. The molecule has 1 N–H and O–H groups in total. The smallest absolute Gasteiger partial charge is 0.0695 e. The average molecular weight is 254 g/mol. The van der Waals surface area contributed by atoms with Crippen molar-refractivity contribution < 1.29 is 5.11 Å². The van der Waals surface area contributed by atoms with E-state index in [1.165, 1.54) is 12.0 Å². The zero-order valence-corrected chi connectivity index (χ0v) is 11.0. The van der Waals surface area contributed by atoms with Crippen LogP contribution in [0.4, 0.5) is 0 Å². The fourth-order valence-corrected chi connectivity index (χ4v) is 2.86. The van der Waals surface area contributed by atoms with Crippen LogP contribution >= 0.6 is 11.6 Å². The maximum atomic E-state index is 10.0. The molecule has 1 aromatic rings. The number of likely N-dealkylation sites (N-methyl/N-ethyl adjacent to an activating group) is 1. The van der Waals surface area contributed by atoms with Gasteiger partial charge in [-0.1, -0.05) is 36.6 Å². The van der Waals surface area contributed by atoms with Crippen LogP contribution < -0.4 is 0 Å². The first-order chi connectivity index (χ1) is 8.16. The normalized spacial score (nSPS) is 25.2. The van der Waals surface area contributed by atoms with Gasteiger partial charge in [0.1, 0.15) is 0 Å². The molecular formula is C14H20ClNO. The number of aliphatic hydroxyl groups is 1. The van der Waals surface area contributed by atoms with Crippen molar-refractivity contribution in [1.29, 1.82) is 0 Å². The van der Waals surface area contributed by atoms with E-state index in [1.54, 1.807) is 0 Å². The number of hydrogen-bond acceptors (Lipinski definition) is 2. The number of halogens is 1. The Bertz CT molecular complexity index is 369. The standard InChI is InChI=1S/C14H20ClNO/c1-16(13-7-2-3-8-14(13)17)10-11-5-4-6-12(15)9-11/h4-6,9,13-14,17H,2-3,7-8,10H2,1H3. The fraction of sp³-hybridized carbons (Fsp3) is 0.571. The predicted octanol–water partition coefficient (Wildman–Crippen LogP) is 3.08. The van der Waals surface area contributed by atoms with Gasteiger partial charge in [-0.05, 0) is 37.6 Å². The molecule has 2 atom stereocenters. The molecular weight excluding hydrogens is 234 g/mol. The lowest BCUT2D eigenvalue weighted by atomic mass is 9.91. The highest BCUT2D eigenvalue weighted by Gasteiger charge is 2.26. The summed E-state index contributed by atoms with van der Waals surface area (Å²) in [4.78, 5) is 2.25. The van der Waals surface area contributed by atoms with E-state index in [0.29, 0.717) is 6.04 Å². The molecule has 0 bridgehead atoms. The molecule has 2 rings (SSSR count). The van der Waals surface area contributed by atoms with Crippen molar-refractivity contribution in [2.45, 2.75) is 44.4 Å². The number of aliphatic hydroxyl groups excluding tert-OH is 1. The van der Waals surface area contributed by atoms with E-state index in [4.69, 9.17) is 11.6 Å². The first kappa shape index (κ1) is 12.9. The molecule has 3 heteroatoms. The second-order valence-electron chi connectivity index (χ2n) is 4.96. The molecule has 0 radical (unpaired) electrons. The minimum absolute atomic E-state index is 0.173. The van der Waals surface area contributed by atoms with Gasteiger partial charge < -0.3 is 5.11 Å². The van der Waals surface area contributed by atoms with E-state index in [1.807, 2.05) is 18.2 Å². The molecule has 0 heterocycles. The van der Waals surface area contributed by atoms with Crippen molar-refractivity contribution >= 4 is 11.6 Å². The van der Waals surface area contributed by atoms with Crippen LogP contribution in [-0.4, -0.2) is 29.2 Å². The van der Waals surface area contributed by atoms with E-state index in [9.17, 15) is 5.11 Å². The molecule has 0 saturated heterocycles. The van der Waals surface area contributed by atoms with E-state index >= 15 is 0 Å². The summed E-state index contributed by atoms with van der Waals surface area (Å²) in [6, 6.07) is 8.23. The van der Waals surface area contributed by atoms with Crippen molar-refractivity contribution in [2.75, 3.05) is 7.05 Å². The van der Waals surface area contributed by atoms with Crippen molar-refractivity contribution in [3.63, 3.8) is 0 Å². The van der Waals surface area contributed by atoms with E-state index in [-0.39, 0.29) is 6.10 Å². The SMILES string of the molecule is CN(Cc1cccc(Cl)c1)C1CCCCC1O. The fourth-order valence-electron chi connectivity index (χ4n) is 2.65. The van der Waals surface area contributed by atoms with Crippen LogP contribution in [0.25, 0.3) is 0 Å². The lowest BCUT2D eigenvalue weighted by Crippen LogP contribution is -2.42. The Kier molecular flexibility index (Phi) is 4.43. The summed E-state index contributed by atoms with van der Waals surface area (Å²) in [6.45, 7) is 0.849. The summed E-state index contributed by atoms with van der Waals surface area (Å²) in [5.74, 6) is 0. The molecule has 17 heavy (non-hydrogen) atoms. The molecule has 2 nitrogen and oxygen atoms in total. The number of benzene rings is 1. The Morgan fingerprint density at radius 2 is 2.12 bits per heavy atom. The summed E-state index contributed by atoms with van der Waals surface area (Å²) in [5.41, 5.74) is 1.21. The van der Waals surface area contributed by atoms with Crippen molar-refractivity contribution in [3.05, 3.63) is 34.9 Å². The van der Waals surface area contributed by atoms with Gasteiger partial charge in [-0.25, -0.2) is 0 Å². The van der Waals surface area contributed by atoms with Crippen LogP contribution in [0.5, 0.6) is 0 Å². The molecule has 0 aromatic heterocycles. The number of nitrogens with zero attached hydrogens (tertiary/aromatic N) is 1. The zero-order valence-electron chi connectivity index (χ0n) is 10.3. The van der Waals surface area contributed by atoms with Gasteiger partial charge in [0, 0.05) is 17.6 Å². The highest BCUT2D eigenvalue weighted by atomic mass is 35.5. The van der Waals surface area contributed by atoms with Gasteiger partial charge in [0.25, 0.3) is 0 Å². The van der Waals surface area contributed by atoms with Gasteiger partial charge in [0.2, 0.25) is 0 Å². The van der Waals surface area contributed by atoms with Crippen LogP contribution in [0.1, 0.15) is 31.2 Å². The van der Waals surface area contributed by atoms with E-state index in [0.717, 1.165) is 30.8 Å². The molecule has 0 spiro atoms. The first-order valence-corrected chi connectivity index (χ1v) is 6.67. The molecule has 0 amide bonds. The quantitative estimate of drug-likeness (QED) is 0.895. The molecule has 0 aliphatic heterocycles. The first-order valence-electron chi connectivity index (χ1n) is 6.29. The van der Waals surface area contributed by atoms with Gasteiger partial charge in [0.15, 0.2) is 0 Å². The van der Waals surface area contributed by atoms with Crippen LogP contribution in [0, 0.1) is 0 Å². The largest absolute Gasteiger partial charge is 0.391 e. The summed E-state index contributed by atoms with van der Waals surface area (Å²) < 4.78 is 0. The lowest BCUT2D eigenvalue weighted by Gasteiger charge is -2.35. The predicted molar refractivity (Wildman–Crippen MR) is 71.2 cm³/mol. The van der Waals surface area contributed by atoms with E-state index in [2.05, 4.69) is 18.0 Å². The van der Waals surface area contributed by atoms with Crippen LogP contribution in [0.3, 0.4) is 0 Å². The summed E-state index contributed by atoms with van der Waals surface area (Å²) in [6.07, 6.45) is 4.24. The Morgan fingerprint density at radius 1 is 1.35 bits per heavy atom. The monoisotopic (exact) mass is 253 g/mol. The third kappa shape index (κ3) is 3.44. The summed E-state index contributed by atoms with van der Waals surface area (Å²) in [5, 5.41) is 10.8. The van der Waals surface area contributed by atoms with Crippen molar-refractivity contribution in [2.24, 2.45) is 0 Å². The minimum Gasteiger partial charge on any atom is -0.391 e. The lowest BCUT2D eigenvalue weighted by molar-refractivity contribution is 0.0288. The second-order valence-corrected chi connectivity index (χ2v) is 5.40. The Labute approximate surface area is 108 Å². The maximum Gasteiger partial charge on any atom is 0.0695 e. The van der Waals surface area contributed by atoms with Gasteiger partial charge in [-0.3, -0.25) is 4.90 Å². The van der Waals surface area contributed by atoms with Gasteiger partial charge in [-0.15, -0.1) is 0 Å². The van der Waals surface area contributed by atoms with Gasteiger partial charge in [0.05, 0.1) is 6.10 Å². The van der Waals surface area contributed by atoms with Gasteiger partial charge >= 0.3 is 0 Å². The number of rotatable bonds is 3. The van der Waals surface area contributed by atoms with Gasteiger partial charge in [-0.2, -0.15) is 0 Å². The molecule has 1 aromatic carbocycles. The van der Waals surface area contributed by atoms with Crippen LogP contribution in [0.2, 0.25) is 5.02 Å². The Balaban J connectivity index is 1.98. The summed E-state index contributed by atoms with van der Waals surface area (Å²) in [7, 11) is 2.08. The minimum atomic E-state index is -0.173. The topological polar surface area (TPSA) is 23.5 Å². The van der Waals surface area contributed by atoms with Crippen LogP contribution in [-0.2, 0) is 6.54 Å². The highest BCUT2D eigenvalue weighted by Crippen LogP contribution is 2.24. The highest BCUT2D eigenvalue weighted by molar-refractivity contribution is 6.30. The number of hydrogen-bond donors (Lipinski definition) is 1. The van der Waals surface area contributed by atoms with Crippen molar-refractivity contribution in [3.8, 4) is 0 Å². The molecule has 1 fully saturated rings. The average Bonchev–Trinajstić information content (AvgIpc) is 2.29. The molecule has 1 aliphatic carbocycles. The Hall–Kier alpha value is -0.570. The third-order valence-electron chi connectivity index (χ3n) is 3.58. The zero-order chi connectivity index (χ0) is 12.3. The molecule has 94 valence electrons.